The van der Waals surface area contributed by atoms with Crippen molar-refractivity contribution in [3.8, 4) is 5.75 Å². The van der Waals surface area contributed by atoms with E-state index in [2.05, 4.69) is 4.98 Å². The Morgan fingerprint density at radius 3 is 2.83 bits per heavy atom. The minimum absolute atomic E-state index is 0.0495. The van der Waals surface area contributed by atoms with Crippen LogP contribution in [0.25, 0.3) is 0 Å². The summed E-state index contributed by atoms with van der Waals surface area (Å²) < 4.78 is 0. The van der Waals surface area contributed by atoms with Gasteiger partial charge in [-0.05, 0) is 43.9 Å². The Bertz CT molecular complexity index is 414. The van der Waals surface area contributed by atoms with E-state index < -0.39 is 0 Å². The van der Waals surface area contributed by atoms with Gasteiger partial charge in [0.1, 0.15) is 5.75 Å². The maximum atomic E-state index is 12.2. The number of likely N-dealkylation sites (tertiary alicyclic amines) is 1. The van der Waals surface area contributed by atoms with Crippen molar-refractivity contribution in [3.05, 3.63) is 24.0 Å². The third kappa shape index (κ3) is 2.79. The zero-order chi connectivity index (χ0) is 13.0. The zero-order valence-corrected chi connectivity index (χ0v) is 10.4. The largest absolute Gasteiger partial charge is 0.505 e. The lowest BCUT2D eigenvalue weighted by molar-refractivity contribution is 0.0678. The van der Waals surface area contributed by atoms with Crippen molar-refractivity contribution < 1.29 is 9.90 Å². The molecule has 3 N–H and O–H groups in total. The second kappa shape index (κ2) is 5.82. The molecule has 0 aliphatic carbocycles. The molecule has 1 aliphatic rings. The first kappa shape index (κ1) is 12.8. The molecule has 0 saturated carbocycles. The average molecular weight is 249 g/mol. The van der Waals surface area contributed by atoms with Crippen molar-refractivity contribution in [1.29, 1.82) is 0 Å². The van der Waals surface area contributed by atoms with Crippen molar-refractivity contribution >= 4 is 5.91 Å². The molecule has 0 atom stereocenters. The molecular weight excluding hydrogens is 230 g/mol. The molecule has 5 heteroatoms. The van der Waals surface area contributed by atoms with Crippen LogP contribution in [0.4, 0.5) is 0 Å². The van der Waals surface area contributed by atoms with E-state index in [4.69, 9.17) is 5.73 Å². The van der Waals surface area contributed by atoms with Crippen LogP contribution in [0.15, 0.2) is 18.3 Å². The molecule has 0 unspecified atom stereocenters. The lowest BCUT2D eigenvalue weighted by Crippen LogP contribution is -2.39. The van der Waals surface area contributed by atoms with Gasteiger partial charge in [-0.3, -0.25) is 4.79 Å². The van der Waals surface area contributed by atoms with Gasteiger partial charge < -0.3 is 15.7 Å². The van der Waals surface area contributed by atoms with Crippen molar-refractivity contribution in [2.24, 2.45) is 11.7 Å². The van der Waals surface area contributed by atoms with Crippen LogP contribution in [0.2, 0.25) is 0 Å². The number of hydrogen-bond acceptors (Lipinski definition) is 4. The van der Waals surface area contributed by atoms with Crippen LogP contribution in [0.3, 0.4) is 0 Å². The molecule has 0 radical (unpaired) electrons. The molecule has 98 valence electrons. The average Bonchev–Trinajstić information content (AvgIpc) is 2.40. The van der Waals surface area contributed by atoms with Crippen molar-refractivity contribution in [3.63, 3.8) is 0 Å². The van der Waals surface area contributed by atoms with E-state index >= 15 is 0 Å². The maximum Gasteiger partial charge on any atom is 0.276 e. The van der Waals surface area contributed by atoms with E-state index in [1.54, 1.807) is 11.0 Å². The summed E-state index contributed by atoms with van der Waals surface area (Å²) in [5.74, 6) is 0.391. The van der Waals surface area contributed by atoms with Gasteiger partial charge in [0, 0.05) is 19.3 Å². The monoisotopic (exact) mass is 249 g/mol. The number of carbonyl (C=O) groups is 1. The molecule has 1 aliphatic heterocycles. The van der Waals surface area contributed by atoms with E-state index in [0.717, 1.165) is 32.4 Å². The summed E-state index contributed by atoms with van der Waals surface area (Å²) in [6, 6.07) is 3.10. The number of amides is 1. The Labute approximate surface area is 107 Å². The van der Waals surface area contributed by atoms with Crippen LogP contribution in [0.1, 0.15) is 29.8 Å². The summed E-state index contributed by atoms with van der Waals surface area (Å²) in [6.07, 6.45) is 4.51. The molecule has 0 bridgehead atoms. The lowest BCUT2D eigenvalue weighted by atomic mass is 9.93. The van der Waals surface area contributed by atoms with Gasteiger partial charge in [0.2, 0.25) is 0 Å². The SMILES string of the molecule is NCCC1CCN(C(=O)c2ncccc2O)CC1. The van der Waals surface area contributed by atoms with Crippen LogP contribution in [0.5, 0.6) is 5.75 Å². The number of hydrogen-bond donors (Lipinski definition) is 2. The molecule has 1 saturated heterocycles. The first-order valence-corrected chi connectivity index (χ1v) is 6.35. The minimum Gasteiger partial charge on any atom is -0.505 e. The number of pyridine rings is 1. The summed E-state index contributed by atoms with van der Waals surface area (Å²) in [5, 5.41) is 9.62. The number of nitrogens with zero attached hydrogens (tertiary/aromatic N) is 2. The molecule has 0 aromatic carbocycles. The standard InChI is InChI=1S/C13H19N3O2/c14-6-3-10-4-8-16(9-5-10)13(18)12-11(17)2-1-7-15-12/h1-2,7,10,17H,3-6,8-9,14H2. The Balaban J connectivity index is 1.98. The van der Waals surface area contributed by atoms with E-state index in [1.165, 1.54) is 12.3 Å². The summed E-state index contributed by atoms with van der Waals surface area (Å²) in [6.45, 7) is 2.15. The van der Waals surface area contributed by atoms with Gasteiger partial charge in [0.05, 0.1) is 0 Å². The van der Waals surface area contributed by atoms with Crippen LogP contribution >= 0.6 is 0 Å². The molecular formula is C13H19N3O2. The molecule has 0 spiro atoms. The quantitative estimate of drug-likeness (QED) is 0.837. The first-order valence-electron chi connectivity index (χ1n) is 6.35. The summed E-state index contributed by atoms with van der Waals surface area (Å²) >= 11 is 0. The predicted octanol–water partition coefficient (Wildman–Crippen LogP) is 0.988. The number of carbonyl (C=O) groups excluding carboxylic acids is 1. The van der Waals surface area contributed by atoms with Crippen LogP contribution in [-0.4, -0.2) is 40.5 Å². The van der Waals surface area contributed by atoms with E-state index in [0.29, 0.717) is 12.5 Å². The fourth-order valence-corrected chi connectivity index (χ4v) is 2.37. The zero-order valence-electron chi connectivity index (χ0n) is 10.4. The van der Waals surface area contributed by atoms with Gasteiger partial charge in [0.15, 0.2) is 5.69 Å². The topological polar surface area (TPSA) is 79.5 Å². The van der Waals surface area contributed by atoms with Crippen molar-refractivity contribution in [2.75, 3.05) is 19.6 Å². The number of aromatic hydroxyl groups is 1. The Kier molecular flexibility index (Phi) is 4.15. The maximum absolute atomic E-state index is 12.2. The predicted molar refractivity (Wildman–Crippen MR) is 68.2 cm³/mol. The highest BCUT2D eigenvalue weighted by molar-refractivity contribution is 5.94. The normalized spacial score (nSPS) is 16.8. The second-order valence-corrected chi connectivity index (χ2v) is 4.68. The molecule has 2 heterocycles. The summed E-state index contributed by atoms with van der Waals surface area (Å²) in [5.41, 5.74) is 5.69. The third-order valence-electron chi connectivity index (χ3n) is 3.47. The van der Waals surface area contributed by atoms with Crippen LogP contribution in [-0.2, 0) is 0 Å². The fraction of sp³-hybridized carbons (Fsp3) is 0.538. The fourth-order valence-electron chi connectivity index (χ4n) is 2.37. The Morgan fingerprint density at radius 2 is 2.22 bits per heavy atom. The minimum atomic E-state index is -0.181. The van der Waals surface area contributed by atoms with Gasteiger partial charge in [-0.15, -0.1) is 0 Å². The molecule has 1 aromatic heterocycles. The van der Waals surface area contributed by atoms with Crippen molar-refractivity contribution in [1.82, 2.24) is 9.88 Å². The van der Waals surface area contributed by atoms with E-state index in [1.807, 2.05) is 0 Å². The molecule has 5 nitrogen and oxygen atoms in total. The molecule has 1 aromatic rings. The van der Waals surface area contributed by atoms with Gasteiger partial charge in [0.25, 0.3) is 5.91 Å². The Hall–Kier alpha value is -1.62. The Morgan fingerprint density at radius 1 is 1.50 bits per heavy atom. The number of rotatable bonds is 3. The van der Waals surface area contributed by atoms with E-state index in [-0.39, 0.29) is 17.4 Å². The third-order valence-corrected chi connectivity index (χ3v) is 3.47. The number of aromatic nitrogens is 1. The van der Waals surface area contributed by atoms with Gasteiger partial charge >= 0.3 is 0 Å². The molecule has 18 heavy (non-hydrogen) atoms. The smallest absolute Gasteiger partial charge is 0.276 e. The van der Waals surface area contributed by atoms with Gasteiger partial charge in [-0.1, -0.05) is 0 Å². The van der Waals surface area contributed by atoms with Crippen molar-refractivity contribution in [2.45, 2.75) is 19.3 Å². The van der Waals surface area contributed by atoms with Gasteiger partial charge in [-0.25, -0.2) is 4.98 Å². The summed E-state index contributed by atoms with van der Waals surface area (Å²) in [4.78, 5) is 17.9. The highest BCUT2D eigenvalue weighted by Gasteiger charge is 2.25. The highest BCUT2D eigenvalue weighted by Crippen LogP contribution is 2.22. The molecule has 2 rings (SSSR count). The lowest BCUT2D eigenvalue weighted by Gasteiger charge is -2.31. The molecule has 1 amide bonds. The van der Waals surface area contributed by atoms with E-state index in [9.17, 15) is 9.90 Å². The molecule has 1 fully saturated rings. The van der Waals surface area contributed by atoms with Crippen LogP contribution < -0.4 is 5.73 Å². The number of piperidine rings is 1. The first-order chi connectivity index (χ1) is 8.72. The number of nitrogens with two attached hydrogens (primary N) is 1. The second-order valence-electron chi connectivity index (χ2n) is 4.68. The summed E-state index contributed by atoms with van der Waals surface area (Å²) in [7, 11) is 0. The highest BCUT2D eigenvalue weighted by atomic mass is 16.3. The van der Waals surface area contributed by atoms with Gasteiger partial charge in [-0.2, -0.15) is 0 Å². The van der Waals surface area contributed by atoms with Crippen LogP contribution in [0, 0.1) is 5.92 Å².